The van der Waals surface area contributed by atoms with E-state index in [4.69, 9.17) is 4.74 Å². The van der Waals surface area contributed by atoms with Gasteiger partial charge in [0.15, 0.2) is 0 Å². The zero-order valence-corrected chi connectivity index (χ0v) is 16.8. The molecule has 0 saturated heterocycles. The number of nitrogens with one attached hydrogen (secondary N) is 1. The fourth-order valence-corrected chi connectivity index (χ4v) is 3.45. The van der Waals surface area contributed by atoms with E-state index in [9.17, 15) is 4.79 Å². The highest BCUT2D eigenvalue weighted by atomic mass is 16.5. The summed E-state index contributed by atoms with van der Waals surface area (Å²) in [6.07, 6.45) is 1.80. The molecule has 148 valence electrons. The van der Waals surface area contributed by atoms with E-state index in [-0.39, 0.29) is 5.91 Å². The first-order chi connectivity index (χ1) is 14.0. The maximum absolute atomic E-state index is 13.0. The second kappa shape index (κ2) is 7.91. The summed E-state index contributed by atoms with van der Waals surface area (Å²) < 4.78 is 5.33. The molecular weight excluding hydrogens is 364 g/mol. The lowest BCUT2D eigenvalue weighted by Gasteiger charge is -2.16. The van der Waals surface area contributed by atoms with Crippen LogP contribution in [0.5, 0.6) is 5.75 Å². The summed E-state index contributed by atoms with van der Waals surface area (Å²) in [6.45, 7) is 5.28. The van der Waals surface area contributed by atoms with Gasteiger partial charge in [0.2, 0.25) is 5.95 Å². The quantitative estimate of drug-likeness (QED) is 0.697. The number of aromatic nitrogens is 2. The van der Waals surface area contributed by atoms with Gasteiger partial charge in [-0.1, -0.05) is 38.1 Å². The fourth-order valence-electron chi connectivity index (χ4n) is 3.45. The molecule has 0 unspecified atom stereocenters. The van der Waals surface area contributed by atoms with Gasteiger partial charge in [-0.15, -0.1) is 0 Å². The fraction of sp³-hybridized carbons (Fsp3) is 0.261. The molecule has 6 heteroatoms. The number of nitrogens with zero attached hydrogens (tertiary/aromatic N) is 3. The Labute approximate surface area is 170 Å². The van der Waals surface area contributed by atoms with Gasteiger partial charge in [0, 0.05) is 24.0 Å². The topological polar surface area (TPSA) is 67.3 Å². The van der Waals surface area contributed by atoms with Gasteiger partial charge in [0.05, 0.1) is 24.9 Å². The van der Waals surface area contributed by atoms with Crippen molar-refractivity contribution in [3.05, 3.63) is 77.1 Å². The SMILES string of the molecule is COc1ccccc1C(=O)N1Cc2cnc(Nc3cccc(C(C)C)c3)nc2C1. The molecule has 0 bridgehead atoms. The second-order valence-electron chi connectivity index (χ2n) is 7.43. The third kappa shape index (κ3) is 3.92. The zero-order valence-electron chi connectivity index (χ0n) is 16.8. The molecule has 3 aromatic rings. The first-order valence-electron chi connectivity index (χ1n) is 9.69. The van der Waals surface area contributed by atoms with E-state index >= 15 is 0 Å². The van der Waals surface area contributed by atoms with E-state index in [1.165, 1.54) is 5.56 Å². The summed E-state index contributed by atoms with van der Waals surface area (Å²) in [6, 6.07) is 15.5. The number of fused-ring (bicyclic) bond motifs is 1. The summed E-state index contributed by atoms with van der Waals surface area (Å²) in [7, 11) is 1.57. The normalized spacial score (nSPS) is 12.8. The van der Waals surface area contributed by atoms with Gasteiger partial charge in [0.1, 0.15) is 5.75 Å². The molecule has 0 saturated carbocycles. The van der Waals surface area contributed by atoms with Crippen LogP contribution < -0.4 is 10.1 Å². The second-order valence-corrected chi connectivity index (χ2v) is 7.43. The van der Waals surface area contributed by atoms with Crippen molar-refractivity contribution in [2.24, 2.45) is 0 Å². The Kier molecular flexibility index (Phi) is 5.16. The van der Waals surface area contributed by atoms with E-state index in [0.717, 1.165) is 16.9 Å². The maximum Gasteiger partial charge on any atom is 0.258 e. The molecule has 0 fully saturated rings. The number of benzene rings is 2. The van der Waals surface area contributed by atoms with Gasteiger partial charge in [-0.3, -0.25) is 4.79 Å². The van der Waals surface area contributed by atoms with Gasteiger partial charge < -0.3 is 15.0 Å². The molecule has 1 N–H and O–H groups in total. The predicted molar refractivity (Wildman–Crippen MR) is 112 cm³/mol. The summed E-state index contributed by atoms with van der Waals surface area (Å²) in [5, 5.41) is 3.28. The zero-order chi connectivity index (χ0) is 20.4. The minimum absolute atomic E-state index is 0.0698. The molecule has 1 aliphatic heterocycles. The number of methoxy groups -OCH3 is 1. The number of hydrogen-bond acceptors (Lipinski definition) is 5. The van der Waals surface area contributed by atoms with Gasteiger partial charge in [-0.2, -0.15) is 0 Å². The molecule has 0 radical (unpaired) electrons. The lowest BCUT2D eigenvalue weighted by molar-refractivity contribution is 0.0747. The molecule has 2 aromatic carbocycles. The van der Waals surface area contributed by atoms with Gasteiger partial charge in [0.25, 0.3) is 5.91 Å². The van der Waals surface area contributed by atoms with Crippen LogP contribution in [-0.2, 0) is 13.1 Å². The Balaban J connectivity index is 1.51. The summed E-state index contributed by atoms with van der Waals surface area (Å²) >= 11 is 0. The first-order valence-corrected chi connectivity index (χ1v) is 9.69. The smallest absolute Gasteiger partial charge is 0.258 e. The molecular formula is C23H24N4O2. The van der Waals surface area contributed by atoms with E-state index in [2.05, 4.69) is 41.3 Å². The highest BCUT2D eigenvalue weighted by Gasteiger charge is 2.27. The van der Waals surface area contributed by atoms with Gasteiger partial charge in [-0.05, 0) is 35.7 Å². The van der Waals surface area contributed by atoms with Crippen molar-refractivity contribution in [1.29, 1.82) is 0 Å². The minimum Gasteiger partial charge on any atom is -0.496 e. The highest BCUT2D eigenvalue weighted by Crippen LogP contribution is 2.27. The molecule has 2 heterocycles. The minimum atomic E-state index is -0.0698. The van der Waals surface area contributed by atoms with Gasteiger partial charge >= 0.3 is 0 Å². The molecule has 1 aromatic heterocycles. The van der Waals surface area contributed by atoms with Crippen LogP contribution >= 0.6 is 0 Å². The Hall–Kier alpha value is -3.41. The lowest BCUT2D eigenvalue weighted by Crippen LogP contribution is -2.25. The van der Waals surface area contributed by atoms with Crippen molar-refractivity contribution in [3.63, 3.8) is 0 Å². The van der Waals surface area contributed by atoms with Crippen LogP contribution in [0.3, 0.4) is 0 Å². The number of para-hydroxylation sites is 1. The Bertz CT molecular complexity index is 1050. The largest absolute Gasteiger partial charge is 0.496 e. The number of carbonyl (C=O) groups excluding carboxylic acids is 1. The van der Waals surface area contributed by atoms with Crippen LogP contribution in [0.1, 0.15) is 46.9 Å². The maximum atomic E-state index is 13.0. The van der Waals surface area contributed by atoms with Gasteiger partial charge in [-0.25, -0.2) is 9.97 Å². The van der Waals surface area contributed by atoms with Crippen molar-refractivity contribution >= 4 is 17.5 Å². The highest BCUT2D eigenvalue weighted by molar-refractivity contribution is 5.97. The van der Waals surface area contributed by atoms with Crippen molar-refractivity contribution in [3.8, 4) is 5.75 Å². The molecule has 0 aliphatic carbocycles. The van der Waals surface area contributed by atoms with E-state index in [0.29, 0.717) is 36.3 Å². The number of carbonyl (C=O) groups is 1. The van der Waals surface area contributed by atoms with E-state index in [1.807, 2.05) is 24.3 Å². The number of rotatable bonds is 5. The molecule has 1 aliphatic rings. The number of anilines is 2. The lowest BCUT2D eigenvalue weighted by atomic mass is 10.0. The Morgan fingerprint density at radius 1 is 1.14 bits per heavy atom. The molecule has 0 atom stereocenters. The average molecular weight is 388 g/mol. The molecule has 0 spiro atoms. The summed E-state index contributed by atoms with van der Waals surface area (Å²) in [4.78, 5) is 23.8. The van der Waals surface area contributed by atoms with Crippen LogP contribution in [-0.4, -0.2) is 27.9 Å². The monoisotopic (exact) mass is 388 g/mol. The third-order valence-electron chi connectivity index (χ3n) is 5.09. The van der Waals surface area contributed by atoms with Crippen molar-refractivity contribution in [2.75, 3.05) is 12.4 Å². The standard InChI is InChI=1S/C23H24N4O2/c1-15(2)16-7-6-8-18(11-16)25-23-24-12-17-13-27(14-20(17)26-23)22(28)19-9-4-5-10-21(19)29-3/h4-12,15H,13-14H2,1-3H3,(H,24,25,26). The van der Waals surface area contributed by atoms with E-state index < -0.39 is 0 Å². The van der Waals surface area contributed by atoms with Crippen LogP contribution in [0.4, 0.5) is 11.6 Å². The Morgan fingerprint density at radius 3 is 2.76 bits per heavy atom. The number of ether oxygens (including phenoxy) is 1. The summed E-state index contributed by atoms with van der Waals surface area (Å²) in [5.41, 5.74) is 4.60. The molecule has 29 heavy (non-hydrogen) atoms. The molecule has 1 amide bonds. The van der Waals surface area contributed by atoms with Crippen LogP contribution in [0.15, 0.2) is 54.7 Å². The van der Waals surface area contributed by atoms with Crippen molar-refractivity contribution in [1.82, 2.24) is 14.9 Å². The molecule has 4 rings (SSSR count). The number of hydrogen-bond donors (Lipinski definition) is 1. The van der Waals surface area contributed by atoms with Crippen LogP contribution in [0.25, 0.3) is 0 Å². The van der Waals surface area contributed by atoms with Crippen LogP contribution in [0, 0.1) is 0 Å². The number of amides is 1. The summed E-state index contributed by atoms with van der Waals surface area (Å²) in [5.74, 6) is 1.50. The molecule has 6 nitrogen and oxygen atoms in total. The Morgan fingerprint density at radius 2 is 1.97 bits per heavy atom. The van der Waals surface area contributed by atoms with Crippen LogP contribution in [0.2, 0.25) is 0 Å². The van der Waals surface area contributed by atoms with E-state index in [1.54, 1.807) is 30.3 Å². The predicted octanol–water partition coefficient (Wildman–Crippen LogP) is 4.51. The van der Waals surface area contributed by atoms with Crippen molar-refractivity contribution < 1.29 is 9.53 Å². The average Bonchev–Trinajstić information content (AvgIpc) is 3.16. The van der Waals surface area contributed by atoms with Crippen molar-refractivity contribution in [2.45, 2.75) is 32.9 Å². The third-order valence-corrected chi connectivity index (χ3v) is 5.09. The first kappa shape index (κ1) is 18.9.